The van der Waals surface area contributed by atoms with E-state index in [9.17, 15) is 9.59 Å². The minimum absolute atomic E-state index is 0.189. The lowest BCUT2D eigenvalue weighted by molar-refractivity contribution is 0.0827. The molecule has 25 heavy (non-hydrogen) atoms. The Labute approximate surface area is 162 Å². The second-order valence-electron chi connectivity index (χ2n) is 5.63. The standard InChI is InChI=1S/C17H13BrClN3O2S/c1-21(2)15(23)9-3-6-12(19)14(7-9)22-16(24)11-5-4-10(18)8-13(11)20-17(22)25/h3-8H,1-2H3,(H,20,25). The van der Waals surface area contributed by atoms with E-state index in [1.807, 2.05) is 0 Å². The lowest BCUT2D eigenvalue weighted by atomic mass is 10.1. The number of fused-ring (bicyclic) bond motifs is 1. The maximum atomic E-state index is 12.9. The Morgan fingerprint density at radius 2 is 1.96 bits per heavy atom. The largest absolute Gasteiger partial charge is 0.345 e. The van der Waals surface area contributed by atoms with Crippen molar-refractivity contribution in [1.82, 2.24) is 14.5 Å². The highest BCUT2D eigenvalue weighted by molar-refractivity contribution is 9.10. The zero-order valence-electron chi connectivity index (χ0n) is 13.3. The van der Waals surface area contributed by atoms with Crippen LogP contribution in [-0.2, 0) is 0 Å². The number of rotatable bonds is 2. The molecule has 0 fully saturated rings. The van der Waals surface area contributed by atoms with Gasteiger partial charge in [-0.3, -0.25) is 14.2 Å². The zero-order chi connectivity index (χ0) is 18.3. The maximum absolute atomic E-state index is 12.9. The summed E-state index contributed by atoms with van der Waals surface area (Å²) in [6, 6.07) is 10.0. The average molecular weight is 439 g/mol. The number of aromatic nitrogens is 2. The van der Waals surface area contributed by atoms with Crippen molar-refractivity contribution >= 4 is 56.6 Å². The second-order valence-corrected chi connectivity index (χ2v) is 7.34. The van der Waals surface area contributed by atoms with Crippen LogP contribution >= 0.6 is 39.7 Å². The minimum atomic E-state index is -0.303. The van der Waals surface area contributed by atoms with Crippen molar-refractivity contribution in [2.24, 2.45) is 0 Å². The van der Waals surface area contributed by atoms with Crippen molar-refractivity contribution < 1.29 is 4.79 Å². The van der Waals surface area contributed by atoms with E-state index in [1.54, 1.807) is 50.5 Å². The number of hydrogen-bond donors (Lipinski definition) is 1. The topological polar surface area (TPSA) is 58.1 Å². The van der Waals surface area contributed by atoms with E-state index in [0.29, 0.717) is 27.2 Å². The van der Waals surface area contributed by atoms with E-state index >= 15 is 0 Å². The molecule has 0 atom stereocenters. The van der Waals surface area contributed by atoms with Crippen LogP contribution in [0.5, 0.6) is 0 Å². The molecule has 0 aliphatic rings. The van der Waals surface area contributed by atoms with E-state index in [-0.39, 0.29) is 16.2 Å². The van der Waals surface area contributed by atoms with Gasteiger partial charge in [0.1, 0.15) is 0 Å². The zero-order valence-corrected chi connectivity index (χ0v) is 16.5. The molecule has 3 rings (SSSR count). The van der Waals surface area contributed by atoms with Gasteiger partial charge in [0.25, 0.3) is 11.5 Å². The number of nitrogens with one attached hydrogen (secondary N) is 1. The first-order chi connectivity index (χ1) is 11.8. The lowest BCUT2D eigenvalue weighted by Gasteiger charge is -2.14. The van der Waals surface area contributed by atoms with Crippen LogP contribution in [0.15, 0.2) is 45.7 Å². The lowest BCUT2D eigenvalue weighted by Crippen LogP contribution is -2.24. The highest BCUT2D eigenvalue weighted by Crippen LogP contribution is 2.23. The summed E-state index contributed by atoms with van der Waals surface area (Å²) in [4.78, 5) is 29.6. The Kier molecular flexibility index (Phi) is 4.81. The van der Waals surface area contributed by atoms with Crippen molar-refractivity contribution in [2.75, 3.05) is 14.1 Å². The molecule has 0 bridgehead atoms. The van der Waals surface area contributed by atoms with Gasteiger partial charge in [0.05, 0.1) is 21.6 Å². The number of halogens is 2. The SMILES string of the molecule is CN(C)C(=O)c1ccc(Cl)c(-n2c(=S)[nH]c3cc(Br)ccc3c2=O)c1. The molecule has 128 valence electrons. The molecule has 0 unspecified atom stereocenters. The maximum Gasteiger partial charge on any atom is 0.266 e. The normalized spacial score (nSPS) is 10.9. The van der Waals surface area contributed by atoms with Crippen LogP contribution in [0, 0.1) is 4.77 Å². The molecule has 1 aromatic heterocycles. The number of carbonyl (C=O) groups is 1. The second kappa shape index (κ2) is 6.74. The van der Waals surface area contributed by atoms with Crippen LogP contribution in [-0.4, -0.2) is 34.5 Å². The quantitative estimate of drug-likeness (QED) is 0.611. The molecule has 1 amide bonds. The molecule has 1 N–H and O–H groups in total. The molecule has 0 aliphatic heterocycles. The molecular weight excluding hydrogens is 426 g/mol. The van der Waals surface area contributed by atoms with Gasteiger partial charge >= 0.3 is 0 Å². The first kappa shape index (κ1) is 17.8. The molecule has 0 saturated carbocycles. The molecule has 0 aliphatic carbocycles. The average Bonchev–Trinajstić information content (AvgIpc) is 2.55. The van der Waals surface area contributed by atoms with Crippen LogP contribution in [0.1, 0.15) is 10.4 Å². The molecule has 1 heterocycles. The monoisotopic (exact) mass is 437 g/mol. The number of amides is 1. The Balaban J connectivity index is 2.32. The molecular formula is C17H13BrClN3O2S. The van der Waals surface area contributed by atoms with E-state index < -0.39 is 0 Å². The number of nitrogens with zero attached hydrogens (tertiary/aromatic N) is 2. The molecule has 8 heteroatoms. The fourth-order valence-electron chi connectivity index (χ4n) is 2.48. The summed E-state index contributed by atoms with van der Waals surface area (Å²) < 4.78 is 2.34. The fourth-order valence-corrected chi connectivity index (χ4v) is 3.34. The Bertz CT molecular complexity index is 1120. The number of aromatic amines is 1. The summed E-state index contributed by atoms with van der Waals surface area (Å²) in [5.41, 5.74) is 1.10. The summed E-state index contributed by atoms with van der Waals surface area (Å²) in [5.74, 6) is -0.189. The van der Waals surface area contributed by atoms with Crippen LogP contribution in [0.3, 0.4) is 0 Å². The Morgan fingerprint density at radius 3 is 2.64 bits per heavy atom. The van der Waals surface area contributed by atoms with Gasteiger partial charge in [-0.05, 0) is 48.6 Å². The fraction of sp³-hybridized carbons (Fsp3) is 0.118. The third-order valence-electron chi connectivity index (χ3n) is 3.70. The third kappa shape index (κ3) is 3.27. The van der Waals surface area contributed by atoms with Crippen LogP contribution in [0.2, 0.25) is 5.02 Å². The number of H-pyrrole nitrogens is 1. The summed E-state index contributed by atoms with van der Waals surface area (Å²) in [6.07, 6.45) is 0. The summed E-state index contributed by atoms with van der Waals surface area (Å²) >= 11 is 15.0. The smallest absolute Gasteiger partial charge is 0.266 e. The van der Waals surface area contributed by atoms with E-state index in [2.05, 4.69) is 20.9 Å². The van der Waals surface area contributed by atoms with Crippen molar-refractivity contribution in [3.63, 3.8) is 0 Å². The van der Waals surface area contributed by atoms with Crippen LogP contribution < -0.4 is 5.56 Å². The molecule has 0 saturated heterocycles. The predicted octanol–water partition coefficient (Wildman–Crippen LogP) is 4.17. The van der Waals surface area contributed by atoms with Crippen molar-refractivity contribution in [3.8, 4) is 5.69 Å². The first-order valence-corrected chi connectivity index (χ1v) is 8.83. The summed E-state index contributed by atoms with van der Waals surface area (Å²) in [7, 11) is 3.31. The summed E-state index contributed by atoms with van der Waals surface area (Å²) in [5, 5.41) is 0.797. The highest BCUT2D eigenvalue weighted by atomic mass is 79.9. The van der Waals surface area contributed by atoms with E-state index in [4.69, 9.17) is 23.8 Å². The number of hydrogen-bond acceptors (Lipinski definition) is 3. The predicted molar refractivity (Wildman–Crippen MR) is 105 cm³/mol. The van der Waals surface area contributed by atoms with Crippen LogP contribution in [0.25, 0.3) is 16.6 Å². The van der Waals surface area contributed by atoms with Crippen LogP contribution in [0.4, 0.5) is 0 Å². The summed E-state index contributed by atoms with van der Waals surface area (Å²) in [6.45, 7) is 0. The van der Waals surface area contributed by atoms with Crippen molar-refractivity contribution in [1.29, 1.82) is 0 Å². The Morgan fingerprint density at radius 1 is 1.24 bits per heavy atom. The number of carbonyl (C=O) groups excluding carboxylic acids is 1. The first-order valence-electron chi connectivity index (χ1n) is 7.26. The van der Waals surface area contributed by atoms with Gasteiger partial charge < -0.3 is 9.88 Å². The van der Waals surface area contributed by atoms with E-state index in [1.165, 1.54) is 9.47 Å². The minimum Gasteiger partial charge on any atom is -0.345 e. The third-order valence-corrected chi connectivity index (χ3v) is 4.80. The molecule has 3 aromatic rings. The molecule has 0 radical (unpaired) electrons. The molecule has 2 aromatic carbocycles. The van der Waals surface area contributed by atoms with E-state index in [0.717, 1.165) is 4.47 Å². The van der Waals surface area contributed by atoms with Gasteiger partial charge in [0.2, 0.25) is 0 Å². The van der Waals surface area contributed by atoms with Gasteiger partial charge in [-0.2, -0.15) is 0 Å². The van der Waals surface area contributed by atoms with Crippen molar-refractivity contribution in [2.45, 2.75) is 0 Å². The molecule has 0 spiro atoms. The van der Waals surface area contributed by atoms with Gasteiger partial charge in [-0.25, -0.2) is 0 Å². The highest BCUT2D eigenvalue weighted by Gasteiger charge is 2.15. The van der Waals surface area contributed by atoms with Crippen molar-refractivity contribution in [3.05, 3.63) is 66.6 Å². The molecule has 5 nitrogen and oxygen atoms in total. The van der Waals surface area contributed by atoms with Gasteiger partial charge in [0.15, 0.2) is 4.77 Å². The Hall–Kier alpha value is -1.96. The van der Waals surface area contributed by atoms with Gasteiger partial charge in [0, 0.05) is 24.1 Å². The number of benzene rings is 2. The van der Waals surface area contributed by atoms with Gasteiger partial charge in [-0.1, -0.05) is 27.5 Å². The van der Waals surface area contributed by atoms with Gasteiger partial charge in [-0.15, -0.1) is 0 Å².